The number of carbonyl (C=O) groups excluding carboxylic acids is 2. The summed E-state index contributed by atoms with van der Waals surface area (Å²) in [6, 6.07) is 3.63. The summed E-state index contributed by atoms with van der Waals surface area (Å²) in [5.74, 6) is -1.25. The number of rotatable bonds is 0. The predicted molar refractivity (Wildman–Crippen MR) is 63.3 cm³/mol. The first-order valence-electron chi connectivity index (χ1n) is 4.70. The van der Waals surface area contributed by atoms with E-state index in [-0.39, 0.29) is 0 Å². The van der Waals surface area contributed by atoms with Crippen LogP contribution in [0.15, 0.2) is 12.1 Å². The molecule has 1 amide bonds. The molecule has 0 radical (unpaired) electrons. The van der Waals surface area contributed by atoms with Gasteiger partial charge in [-0.1, -0.05) is 35.3 Å². The molecule has 84 valence electrons. The fourth-order valence-electron chi connectivity index (χ4n) is 1.72. The number of alkyl halides is 2. The van der Waals surface area contributed by atoms with Crippen LogP contribution in [0.3, 0.4) is 0 Å². The van der Waals surface area contributed by atoms with Crippen molar-refractivity contribution in [1.82, 2.24) is 0 Å². The third-order valence-electron chi connectivity index (χ3n) is 2.66. The number of anilines is 1. The van der Waals surface area contributed by atoms with Crippen LogP contribution in [0, 0.1) is 13.8 Å². The van der Waals surface area contributed by atoms with Crippen LogP contribution in [0.1, 0.15) is 21.5 Å². The molecule has 0 aliphatic carbocycles. The molecule has 1 aliphatic heterocycles. The Morgan fingerprint density at radius 3 is 2.31 bits per heavy atom. The minimum Gasteiger partial charge on any atom is -0.322 e. The van der Waals surface area contributed by atoms with Crippen molar-refractivity contribution >= 4 is 40.6 Å². The van der Waals surface area contributed by atoms with E-state index >= 15 is 0 Å². The molecule has 0 fully saturated rings. The van der Waals surface area contributed by atoms with E-state index in [4.69, 9.17) is 23.2 Å². The van der Waals surface area contributed by atoms with Crippen LogP contribution in [0.5, 0.6) is 0 Å². The van der Waals surface area contributed by atoms with Crippen LogP contribution < -0.4 is 5.32 Å². The Hall–Kier alpha value is -1.06. The van der Waals surface area contributed by atoms with Gasteiger partial charge in [-0.05, 0) is 25.0 Å². The van der Waals surface area contributed by atoms with Crippen molar-refractivity contribution in [3.8, 4) is 0 Å². The number of hydrogen-bond acceptors (Lipinski definition) is 2. The standard InChI is InChI=1S/C11H9Cl2NO2/c1-5-3-4-6(2)8-7(5)9(15)11(12,13)10(16)14-8/h3-4H,1-2H3,(H,14,16). The maximum atomic E-state index is 12.0. The fraction of sp³-hybridized carbons (Fsp3) is 0.273. The van der Waals surface area contributed by atoms with Gasteiger partial charge >= 0.3 is 0 Å². The fourth-order valence-corrected chi connectivity index (χ4v) is 2.00. The number of amides is 1. The lowest BCUT2D eigenvalue weighted by molar-refractivity contribution is -0.116. The van der Waals surface area contributed by atoms with Gasteiger partial charge in [-0.15, -0.1) is 0 Å². The van der Waals surface area contributed by atoms with Crippen LogP contribution in [0.25, 0.3) is 0 Å². The summed E-state index contributed by atoms with van der Waals surface area (Å²) in [5.41, 5.74) is 2.46. The molecule has 16 heavy (non-hydrogen) atoms. The summed E-state index contributed by atoms with van der Waals surface area (Å²) in [6.07, 6.45) is 0. The summed E-state index contributed by atoms with van der Waals surface area (Å²) in [4.78, 5) is 23.6. The third-order valence-corrected chi connectivity index (χ3v) is 3.34. The zero-order valence-corrected chi connectivity index (χ0v) is 10.2. The van der Waals surface area contributed by atoms with Crippen molar-refractivity contribution in [1.29, 1.82) is 0 Å². The third kappa shape index (κ3) is 1.43. The molecule has 1 aromatic rings. The lowest BCUT2D eigenvalue weighted by Gasteiger charge is -2.27. The lowest BCUT2D eigenvalue weighted by Crippen LogP contribution is -2.45. The zero-order chi connectivity index (χ0) is 12.1. The minimum absolute atomic E-state index is 0.393. The van der Waals surface area contributed by atoms with Gasteiger partial charge in [0.05, 0.1) is 5.69 Å². The van der Waals surface area contributed by atoms with Gasteiger partial charge in [0.2, 0.25) is 5.78 Å². The zero-order valence-electron chi connectivity index (χ0n) is 8.73. The Bertz CT molecular complexity index is 509. The van der Waals surface area contributed by atoms with Crippen molar-refractivity contribution in [2.75, 3.05) is 5.32 Å². The highest BCUT2D eigenvalue weighted by Crippen LogP contribution is 2.38. The Morgan fingerprint density at radius 2 is 1.69 bits per heavy atom. The van der Waals surface area contributed by atoms with Gasteiger partial charge < -0.3 is 5.32 Å². The highest BCUT2D eigenvalue weighted by Gasteiger charge is 2.47. The van der Waals surface area contributed by atoms with Crippen molar-refractivity contribution in [3.05, 3.63) is 28.8 Å². The van der Waals surface area contributed by atoms with Crippen molar-refractivity contribution in [2.45, 2.75) is 18.2 Å². The molecular formula is C11H9Cl2NO2. The number of aryl methyl sites for hydroxylation is 2. The number of Topliss-reactive ketones (excluding diaryl/α,β-unsaturated/α-hetero) is 1. The van der Waals surface area contributed by atoms with Crippen LogP contribution in [-0.2, 0) is 4.79 Å². The molecule has 0 aromatic heterocycles. The first-order valence-corrected chi connectivity index (χ1v) is 5.45. The van der Waals surface area contributed by atoms with Gasteiger partial charge in [0.25, 0.3) is 10.2 Å². The van der Waals surface area contributed by atoms with Crippen LogP contribution in [-0.4, -0.2) is 16.0 Å². The molecule has 1 heterocycles. The highest BCUT2D eigenvalue weighted by atomic mass is 35.5. The van der Waals surface area contributed by atoms with E-state index in [1.54, 1.807) is 19.9 Å². The molecule has 0 saturated heterocycles. The Morgan fingerprint density at radius 1 is 1.12 bits per heavy atom. The van der Waals surface area contributed by atoms with Gasteiger partial charge in [0, 0.05) is 5.56 Å². The maximum Gasteiger partial charge on any atom is 0.269 e. The summed E-state index contributed by atoms with van der Waals surface area (Å²) >= 11 is 11.5. The van der Waals surface area contributed by atoms with E-state index in [0.29, 0.717) is 11.3 Å². The monoisotopic (exact) mass is 257 g/mol. The largest absolute Gasteiger partial charge is 0.322 e. The Kier molecular flexibility index (Phi) is 2.48. The molecular weight excluding hydrogens is 249 g/mol. The number of nitrogens with one attached hydrogen (secondary N) is 1. The Balaban J connectivity index is 2.74. The summed E-state index contributed by atoms with van der Waals surface area (Å²) in [7, 11) is 0. The second-order valence-electron chi connectivity index (χ2n) is 3.81. The number of hydrogen-bond donors (Lipinski definition) is 1. The molecule has 1 N–H and O–H groups in total. The minimum atomic E-state index is -2.02. The quantitative estimate of drug-likeness (QED) is 0.574. The lowest BCUT2D eigenvalue weighted by atomic mass is 9.93. The second kappa shape index (κ2) is 3.47. The molecule has 3 nitrogen and oxygen atoms in total. The van der Waals surface area contributed by atoms with Crippen LogP contribution in [0.2, 0.25) is 0 Å². The van der Waals surface area contributed by atoms with E-state index < -0.39 is 16.0 Å². The molecule has 1 aromatic carbocycles. The summed E-state index contributed by atoms with van der Waals surface area (Å²) in [6.45, 7) is 3.58. The molecule has 0 unspecified atom stereocenters. The Labute approximate surface area is 103 Å². The van der Waals surface area contributed by atoms with E-state index in [1.807, 2.05) is 6.07 Å². The van der Waals surface area contributed by atoms with Gasteiger partial charge in [0.1, 0.15) is 0 Å². The van der Waals surface area contributed by atoms with Crippen molar-refractivity contribution < 1.29 is 9.59 Å². The number of fused-ring (bicyclic) bond motifs is 1. The normalized spacial score (nSPS) is 18.0. The molecule has 0 spiro atoms. The average molecular weight is 258 g/mol. The molecule has 0 saturated carbocycles. The number of ketones is 1. The molecule has 1 aliphatic rings. The van der Waals surface area contributed by atoms with E-state index in [9.17, 15) is 9.59 Å². The second-order valence-corrected chi connectivity index (χ2v) is 5.13. The highest BCUT2D eigenvalue weighted by molar-refractivity contribution is 6.71. The number of benzene rings is 1. The summed E-state index contributed by atoms with van der Waals surface area (Å²) in [5, 5.41) is 2.57. The molecule has 0 bridgehead atoms. The summed E-state index contributed by atoms with van der Waals surface area (Å²) < 4.78 is -2.02. The van der Waals surface area contributed by atoms with Gasteiger partial charge in [-0.25, -0.2) is 0 Å². The maximum absolute atomic E-state index is 12.0. The van der Waals surface area contributed by atoms with Gasteiger partial charge in [-0.2, -0.15) is 0 Å². The molecule has 0 atom stereocenters. The van der Waals surface area contributed by atoms with Gasteiger partial charge in [-0.3, -0.25) is 9.59 Å². The topological polar surface area (TPSA) is 46.2 Å². The SMILES string of the molecule is Cc1ccc(C)c2c1NC(=O)C(Cl)(Cl)C2=O. The number of carbonyl (C=O) groups is 2. The van der Waals surface area contributed by atoms with E-state index in [1.165, 1.54) is 0 Å². The molecule has 2 rings (SSSR count). The number of halogens is 2. The molecule has 5 heteroatoms. The first kappa shape index (κ1) is 11.4. The average Bonchev–Trinajstić information content (AvgIpc) is 2.21. The predicted octanol–water partition coefficient (Wildman–Crippen LogP) is 2.61. The van der Waals surface area contributed by atoms with Crippen molar-refractivity contribution in [3.63, 3.8) is 0 Å². The van der Waals surface area contributed by atoms with Gasteiger partial charge in [0.15, 0.2) is 0 Å². The smallest absolute Gasteiger partial charge is 0.269 e. The first-order chi connectivity index (χ1) is 7.35. The van der Waals surface area contributed by atoms with Crippen molar-refractivity contribution in [2.24, 2.45) is 0 Å². The van der Waals surface area contributed by atoms with E-state index in [0.717, 1.165) is 11.1 Å². The van der Waals surface area contributed by atoms with Crippen LogP contribution >= 0.6 is 23.2 Å². The van der Waals surface area contributed by atoms with E-state index in [2.05, 4.69) is 5.32 Å². The van der Waals surface area contributed by atoms with Crippen LogP contribution in [0.4, 0.5) is 5.69 Å².